The fraction of sp³-hybridized carbons (Fsp3) is 0.300. The molecule has 3 N–H and O–H groups in total. The molecule has 0 saturated heterocycles. The molecule has 0 spiro atoms. The third-order valence-corrected chi connectivity index (χ3v) is 4.57. The predicted octanol–water partition coefficient (Wildman–Crippen LogP) is 0.205. The number of carbonyl (C=O) groups excluding carboxylic acids is 1. The van der Waals surface area contributed by atoms with E-state index in [9.17, 15) is 17.4 Å². The summed E-state index contributed by atoms with van der Waals surface area (Å²) in [5, 5.41) is 7.55. The Kier molecular flexibility index (Phi) is 5.65. The van der Waals surface area contributed by atoms with Crippen LogP contribution in [0.4, 0.5) is 0 Å². The number of hydrogen-bond donors (Lipinski definition) is 2. The summed E-state index contributed by atoms with van der Waals surface area (Å²) in [6.07, 6.45) is 1.53. The molecule has 0 bridgehead atoms. The maximum absolute atomic E-state index is 11.9. The number of rotatable bonds is 5. The van der Waals surface area contributed by atoms with Gasteiger partial charge in [-0.15, -0.1) is 0 Å². The lowest BCUT2D eigenvalue weighted by molar-refractivity contribution is 0.0955. The van der Waals surface area contributed by atoms with Gasteiger partial charge in [-0.3, -0.25) is 9.00 Å². The summed E-state index contributed by atoms with van der Waals surface area (Å²) in [6.45, 7) is 0.244. The van der Waals surface area contributed by atoms with E-state index in [1.165, 1.54) is 24.5 Å². The molecule has 1 amide bonds. The number of benzene rings is 1. The smallest absolute Gasteiger partial charge is 0.252 e. The first-order valence-electron chi connectivity index (χ1n) is 5.12. The number of halogens is 1. The van der Waals surface area contributed by atoms with Crippen LogP contribution in [0, 0.1) is 0 Å². The molecular formula is C10H13BrN2O4S2. The van der Waals surface area contributed by atoms with Gasteiger partial charge >= 0.3 is 0 Å². The molecule has 1 atom stereocenters. The average Bonchev–Trinajstić information content (AvgIpc) is 2.27. The lowest BCUT2D eigenvalue weighted by Gasteiger charge is -2.07. The van der Waals surface area contributed by atoms with Crippen LogP contribution in [0.25, 0.3) is 0 Å². The van der Waals surface area contributed by atoms with Crippen molar-refractivity contribution in [2.24, 2.45) is 5.14 Å². The summed E-state index contributed by atoms with van der Waals surface area (Å²) in [7, 11) is -4.86. The largest absolute Gasteiger partial charge is 0.351 e. The summed E-state index contributed by atoms with van der Waals surface area (Å²) >= 11 is 3.16. The normalized spacial score (nSPS) is 13.0. The summed E-state index contributed by atoms with van der Waals surface area (Å²) in [4.78, 5) is 11.7. The van der Waals surface area contributed by atoms with E-state index in [1.54, 1.807) is 0 Å². The highest BCUT2D eigenvalue weighted by molar-refractivity contribution is 9.10. The van der Waals surface area contributed by atoms with Gasteiger partial charge in [-0.25, -0.2) is 13.6 Å². The van der Waals surface area contributed by atoms with Crippen LogP contribution < -0.4 is 10.5 Å². The van der Waals surface area contributed by atoms with Crippen LogP contribution in [0.1, 0.15) is 10.4 Å². The minimum atomic E-state index is -3.86. The summed E-state index contributed by atoms with van der Waals surface area (Å²) in [5.74, 6) is -0.124. The van der Waals surface area contributed by atoms with Gasteiger partial charge in [-0.05, 0) is 34.1 Å². The van der Waals surface area contributed by atoms with Gasteiger partial charge in [0.2, 0.25) is 10.0 Å². The lowest BCUT2D eigenvalue weighted by Crippen LogP contribution is -2.28. The van der Waals surface area contributed by atoms with Crippen molar-refractivity contribution in [2.45, 2.75) is 4.90 Å². The second kappa shape index (κ2) is 6.60. The fourth-order valence-corrected chi connectivity index (χ4v) is 2.61. The fourth-order valence-electron chi connectivity index (χ4n) is 1.26. The molecule has 1 aromatic carbocycles. The Bertz CT molecular complexity index is 616. The van der Waals surface area contributed by atoms with Crippen molar-refractivity contribution in [3.8, 4) is 0 Å². The van der Waals surface area contributed by atoms with E-state index in [-0.39, 0.29) is 17.0 Å². The Balaban J connectivity index is 2.93. The Labute approximate surface area is 122 Å². The zero-order valence-corrected chi connectivity index (χ0v) is 13.3. The lowest BCUT2D eigenvalue weighted by atomic mass is 10.2. The van der Waals surface area contributed by atoms with Crippen molar-refractivity contribution in [1.29, 1.82) is 0 Å². The zero-order chi connectivity index (χ0) is 14.6. The standard InChI is InChI=1S/C10H13BrN2O4S2/c1-18(15)5-4-13-10(14)8-6-7(19(12,16)17)2-3-9(8)11/h2-3,6H,4-5H2,1H3,(H,13,14)(H2,12,16,17). The third kappa shape index (κ3) is 5.01. The van der Waals surface area contributed by atoms with Crippen LogP contribution in [0.15, 0.2) is 27.6 Å². The van der Waals surface area contributed by atoms with E-state index in [4.69, 9.17) is 5.14 Å². The van der Waals surface area contributed by atoms with Crippen molar-refractivity contribution >= 4 is 42.7 Å². The zero-order valence-electron chi connectivity index (χ0n) is 10.1. The number of hydrogen-bond acceptors (Lipinski definition) is 4. The quantitative estimate of drug-likeness (QED) is 0.774. The molecule has 19 heavy (non-hydrogen) atoms. The van der Waals surface area contributed by atoms with Crippen LogP contribution >= 0.6 is 15.9 Å². The van der Waals surface area contributed by atoms with Crippen molar-refractivity contribution < 1.29 is 17.4 Å². The monoisotopic (exact) mass is 368 g/mol. The first kappa shape index (κ1) is 16.3. The molecule has 1 aromatic rings. The molecule has 9 heteroatoms. The van der Waals surface area contributed by atoms with Gasteiger partial charge in [0.05, 0.1) is 10.5 Å². The summed E-state index contributed by atoms with van der Waals surface area (Å²) < 4.78 is 33.7. The van der Waals surface area contributed by atoms with Gasteiger partial charge in [0.25, 0.3) is 5.91 Å². The Morgan fingerprint density at radius 2 is 2.11 bits per heavy atom. The molecule has 0 aliphatic carbocycles. The predicted molar refractivity (Wildman–Crippen MR) is 76.8 cm³/mol. The van der Waals surface area contributed by atoms with Gasteiger partial charge < -0.3 is 5.32 Å². The highest BCUT2D eigenvalue weighted by Crippen LogP contribution is 2.20. The van der Waals surface area contributed by atoms with Gasteiger partial charge in [0.1, 0.15) is 0 Å². The molecule has 0 aliphatic rings. The molecule has 0 radical (unpaired) electrons. The van der Waals surface area contributed by atoms with E-state index in [2.05, 4.69) is 21.2 Å². The number of sulfonamides is 1. The molecule has 0 saturated carbocycles. The highest BCUT2D eigenvalue weighted by Gasteiger charge is 2.15. The second-order valence-electron chi connectivity index (χ2n) is 3.72. The minimum absolute atomic E-state index is 0.139. The van der Waals surface area contributed by atoms with E-state index >= 15 is 0 Å². The first-order valence-corrected chi connectivity index (χ1v) is 9.19. The van der Waals surface area contributed by atoms with Gasteiger partial charge in [-0.2, -0.15) is 0 Å². The summed E-state index contributed by atoms with van der Waals surface area (Å²) in [6, 6.07) is 3.93. The topological polar surface area (TPSA) is 106 Å². The Morgan fingerprint density at radius 1 is 1.47 bits per heavy atom. The van der Waals surface area contributed by atoms with Crippen LogP contribution in [0.2, 0.25) is 0 Å². The van der Waals surface area contributed by atoms with Crippen molar-refractivity contribution in [1.82, 2.24) is 5.32 Å². The maximum atomic E-state index is 11.9. The number of nitrogens with one attached hydrogen (secondary N) is 1. The molecule has 1 rings (SSSR count). The molecule has 6 nitrogen and oxygen atoms in total. The maximum Gasteiger partial charge on any atom is 0.252 e. The third-order valence-electron chi connectivity index (χ3n) is 2.19. The van der Waals surface area contributed by atoms with Crippen molar-refractivity contribution in [3.63, 3.8) is 0 Å². The molecule has 0 aliphatic heterocycles. The van der Waals surface area contributed by atoms with E-state index in [0.29, 0.717) is 10.2 Å². The van der Waals surface area contributed by atoms with Gasteiger partial charge in [0.15, 0.2) is 0 Å². The van der Waals surface area contributed by atoms with Crippen molar-refractivity contribution in [3.05, 3.63) is 28.2 Å². The number of amides is 1. The molecule has 0 heterocycles. The van der Waals surface area contributed by atoms with E-state index in [0.717, 1.165) is 0 Å². The molecule has 106 valence electrons. The molecule has 1 unspecified atom stereocenters. The van der Waals surface area contributed by atoms with Crippen LogP contribution in [0.3, 0.4) is 0 Å². The van der Waals surface area contributed by atoms with Crippen LogP contribution in [-0.2, 0) is 20.8 Å². The first-order chi connectivity index (χ1) is 8.71. The average molecular weight is 369 g/mol. The molecule has 0 aromatic heterocycles. The number of carbonyl (C=O) groups is 1. The van der Waals surface area contributed by atoms with Crippen LogP contribution in [-0.4, -0.2) is 37.1 Å². The molecule has 0 fully saturated rings. The van der Waals surface area contributed by atoms with Gasteiger partial charge in [-0.1, -0.05) is 0 Å². The van der Waals surface area contributed by atoms with E-state index in [1.807, 2.05) is 0 Å². The van der Waals surface area contributed by atoms with Crippen LogP contribution in [0.5, 0.6) is 0 Å². The molecular weight excluding hydrogens is 356 g/mol. The van der Waals surface area contributed by atoms with E-state index < -0.39 is 26.7 Å². The number of nitrogens with two attached hydrogens (primary N) is 1. The highest BCUT2D eigenvalue weighted by atomic mass is 79.9. The second-order valence-corrected chi connectivity index (χ2v) is 7.69. The Morgan fingerprint density at radius 3 is 2.63 bits per heavy atom. The number of primary sulfonamides is 1. The van der Waals surface area contributed by atoms with Gasteiger partial charge in [0, 0.05) is 33.8 Å². The SMILES string of the molecule is CS(=O)CCNC(=O)c1cc(S(N)(=O)=O)ccc1Br. The van der Waals surface area contributed by atoms with Crippen molar-refractivity contribution in [2.75, 3.05) is 18.6 Å². The Hall–Kier alpha value is -0.770. The minimum Gasteiger partial charge on any atom is -0.351 e. The summed E-state index contributed by atoms with van der Waals surface area (Å²) in [5.41, 5.74) is 0.161.